The Balaban J connectivity index is 2.34. The van der Waals surface area contributed by atoms with Crippen molar-refractivity contribution >= 4 is 33.3 Å². The molecule has 0 saturated carbocycles. The molecule has 0 aliphatic rings. The first kappa shape index (κ1) is 10.8. The standard InChI is InChI=1S/C10H8BrFN4/c11-7-2-1-6(12)5-8(7)16-10-9(13)14-3-4-15-10/h1-5H,(H2,13,14)(H,15,16). The molecule has 3 N–H and O–H groups in total. The molecule has 0 amide bonds. The van der Waals surface area contributed by atoms with Gasteiger partial charge in [0.2, 0.25) is 0 Å². The molecule has 0 radical (unpaired) electrons. The van der Waals surface area contributed by atoms with E-state index in [2.05, 4.69) is 31.2 Å². The van der Waals surface area contributed by atoms with Crippen molar-refractivity contribution in [3.8, 4) is 0 Å². The summed E-state index contributed by atoms with van der Waals surface area (Å²) in [5.41, 5.74) is 6.16. The molecular weight excluding hydrogens is 275 g/mol. The van der Waals surface area contributed by atoms with Gasteiger partial charge in [-0.25, -0.2) is 14.4 Å². The molecule has 1 aromatic carbocycles. The number of benzene rings is 1. The van der Waals surface area contributed by atoms with Gasteiger partial charge in [0.1, 0.15) is 5.82 Å². The average molecular weight is 283 g/mol. The Morgan fingerprint density at radius 1 is 1.25 bits per heavy atom. The summed E-state index contributed by atoms with van der Waals surface area (Å²) < 4.78 is 13.7. The minimum Gasteiger partial charge on any atom is -0.381 e. The summed E-state index contributed by atoms with van der Waals surface area (Å²) >= 11 is 3.29. The van der Waals surface area contributed by atoms with Crippen LogP contribution >= 0.6 is 15.9 Å². The Hall–Kier alpha value is -1.69. The monoisotopic (exact) mass is 282 g/mol. The zero-order valence-corrected chi connectivity index (χ0v) is 9.70. The Labute approximate surface area is 99.9 Å². The lowest BCUT2D eigenvalue weighted by Crippen LogP contribution is -2.01. The maximum atomic E-state index is 13.0. The first-order chi connectivity index (χ1) is 7.66. The predicted molar refractivity (Wildman–Crippen MR) is 63.8 cm³/mol. The van der Waals surface area contributed by atoms with Crippen LogP contribution in [0, 0.1) is 5.82 Å². The van der Waals surface area contributed by atoms with Gasteiger partial charge in [0.25, 0.3) is 0 Å². The van der Waals surface area contributed by atoms with Crippen molar-refractivity contribution in [1.82, 2.24) is 9.97 Å². The number of aromatic nitrogens is 2. The van der Waals surface area contributed by atoms with E-state index in [1.165, 1.54) is 24.5 Å². The fourth-order valence-electron chi connectivity index (χ4n) is 1.17. The molecule has 4 nitrogen and oxygen atoms in total. The fourth-order valence-corrected chi connectivity index (χ4v) is 1.51. The van der Waals surface area contributed by atoms with E-state index in [1.54, 1.807) is 6.07 Å². The normalized spacial score (nSPS) is 10.1. The molecule has 1 heterocycles. The van der Waals surface area contributed by atoms with Crippen molar-refractivity contribution in [1.29, 1.82) is 0 Å². The van der Waals surface area contributed by atoms with E-state index in [0.717, 1.165) is 4.47 Å². The third-order valence-corrected chi connectivity index (χ3v) is 2.60. The second kappa shape index (κ2) is 4.44. The molecule has 2 rings (SSSR count). The lowest BCUT2D eigenvalue weighted by Gasteiger charge is -2.08. The van der Waals surface area contributed by atoms with Crippen LogP contribution in [0.15, 0.2) is 35.1 Å². The van der Waals surface area contributed by atoms with Gasteiger partial charge in [-0.3, -0.25) is 0 Å². The van der Waals surface area contributed by atoms with E-state index >= 15 is 0 Å². The van der Waals surface area contributed by atoms with Gasteiger partial charge in [0.15, 0.2) is 11.6 Å². The summed E-state index contributed by atoms with van der Waals surface area (Å²) in [6.45, 7) is 0. The number of hydrogen-bond acceptors (Lipinski definition) is 4. The van der Waals surface area contributed by atoms with Gasteiger partial charge >= 0.3 is 0 Å². The maximum Gasteiger partial charge on any atom is 0.173 e. The third kappa shape index (κ3) is 2.27. The molecule has 1 aromatic heterocycles. The SMILES string of the molecule is Nc1nccnc1Nc1cc(F)ccc1Br. The van der Waals surface area contributed by atoms with Crippen LogP contribution in [0.25, 0.3) is 0 Å². The van der Waals surface area contributed by atoms with Crippen molar-refractivity contribution in [2.24, 2.45) is 0 Å². The number of anilines is 3. The van der Waals surface area contributed by atoms with E-state index in [-0.39, 0.29) is 11.6 Å². The van der Waals surface area contributed by atoms with E-state index in [0.29, 0.717) is 11.5 Å². The molecule has 16 heavy (non-hydrogen) atoms. The zero-order chi connectivity index (χ0) is 11.5. The topological polar surface area (TPSA) is 63.8 Å². The van der Waals surface area contributed by atoms with Crippen LogP contribution in [0.5, 0.6) is 0 Å². The second-order valence-electron chi connectivity index (χ2n) is 3.04. The van der Waals surface area contributed by atoms with Gasteiger partial charge in [-0.15, -0.1) is 0 Å². The minimum absolute atomic E-state index is 0.263. The number of nitrogens with two attached hydrogens (primary N) is 1. The summed E-state index contributed by atoms with van der Waals surface area (Å²) in [4.78, 5) is 7.87. The molecule has 0 spiro atoms. The molecular formula is C10H8BrFN4. The van der Waals surface area contributed by atoms with Gasteiger partial charge in [-0.1, -0.05) is 0 Å². The Kier molecular flexibility index (Phi) is 3.00. The fraction of sp³-hybridized carbons (Fsp3) is 0. The van der Waals surface area contributed by atoms with Crippen molar-refractivity contribution in [3.63, 3.8) is 0 Å². The Bertz CT molecular complexity index is 518. The molecule has 0 saturated heterocycles. The van der Waals surface area contributed by atoms with Gasteiger partial charge in [0.05, 0.1) is 5.69 Å². The first-order valence-electron chi connectivity index (χ1n) is 4.45. The number of nitrogens with zero attached hydrogens (tertiary/aromatic N) is 2. The average Bonchev–Trinajstić information content (AvgIpc) is 2.27. The van der Waals surface area contributed by atoms with Gasteiger partial charge < -0.3 is 11.1 Å². The molecule has 0 bridgehead atoms. The van der Waals surface area contributed by atoms with Gasteiger partial charge in [-0.05, 0) is 34.1 Å². The molecule has 82 valence electrons. The maximum absolute atomic E-state index is 13.0. The van der Waals surface area contributed by atoms with Crippen LogP contribution < -0.4 is 11.1 Å². The molecule has 0 atom stereocenters. The van der Waals surface area contributed by atoms with Crippen LogP contribution in [0.2, 0.25) is 0 Å². The number of halogens is 2. The smallest absolute Gasteiger partial charge is 0.173 e. The molecule has 6 heteroatoms. The molecule has 0 aliphatic carbocycles. The third-order valence-electron chi connectivity index (χ3n) is 1.91. The number of rotatable bonds is 2. The van der Waals surface area contributed by atoms with E-state index in [9.17, 15) is 4.39 Å². The Morgan fingerprint density at radius 2 is 2.00 bits per heavy atom. The van der Waals surface area contributed by atoms with Crippen LogP contribution in [-0.2, 0) is 0 Å². The van der Waals surface area contributed by atoms with E-state index < -0.39 is 0 Å². The van der Waals surface area contributed by atoms with Crippen molar-refractivity contribution in [2.75, 3.05) is 11.1 Å². The van der Waals surface area contributed by atoms with Crippen LogP contribution in [-0.4, -0.2) is 9.97 Å². The highest BCUT2D eigenvalue weighted by Crippen LogP contribution is 2.27. The first-order valence-corrected chi connectivity index (χ1v) is 5.24. The van der Waals surface area contributed by atoms with Gasteiger partial charge in [0, 0.05) is 16.9 Å². The number of nitrogen functional groups attached to an aromatic ring is 1. The molecule has 0 unspecified atom stereocenters. The summed E-state index contributed by atoms with van der Waals surface area (Å²) in [5.74, 6) is 0.320. The number of hydrogen-bond donors (Lipinski definition) is 2. The lowest BCUT2D eigenvalue weighted by atomic mass is 10.3. The quantitative estimate of drug-likeness (QED) is 0.889. The highest BCUT2D eigenvalue weighted by atomic mass is 79.9. The molecule has 2 aromatic rings. The van der Waals surface area contributed by atoms with Crippen molar-refractivity contribution < 1.29 is 4.39 Å². The number of nitrogens with one attached hydrogen (secondary N) is 1. The summed E-state index contributed by atoms with van der Waals surface area (Å²) in [7, 11) is 0. The van der Waals surface area contributed by atoms with Gasteiger partial charge in [-0.2, -0.15) is 0 Å². The second-order valence-corrected chi connectivity index (χ2v) is 3.89. The Morgan fingerprint density at radius 3 is 2.75 bits per heavy atom. The summed E-state index contributed by atoms with van der Waals surface area (Å²) in [6.07, 6.45) is 2.99. The molecule has 0 fully saturated rings. The summed E-state index contributed by atoms with van der Waals surface area (Å²) in [6, 6.07) is 4.30. The lowest BCUT2D eigenvalue weighted by molar-refractivity contribution is 0.628. The highest BCUT2D eigenvalue weighted by molar-refractivity contribution is 9.10. The largest absolute Gasteiger partial charge is 0.381 e. The van der Waals surface area contributed by atoms with Crippen LogP contribution in [0.1, 0.15) is 0 Å². The zero-order valence-electron chi connectivity index (χ0n) is 8.11. The van der Waals surface area contributed by atoms with Crippen molar-refractivity contribution in [2.45, 2.75) is 0 Å². The minimum atomic E-state index is -0.340. The van der Waals surface area contributed by atoms with Crippen molar-refractivity contribution in [3.05, 3.63) is 40.9 Å². The summed E-state index contributed by atoms with van der Waals surface area (Å²) in [5, 5.41) is 2.90. The highest BCUT2D eigenvalue weighted by Gasteiger charge is 2.05. The van der Waals surface area contributed by atoms with Crippen LogP contribution in [0.3, 0.4) is 0 Å². The van der Waals surface area contributed by atoms with E-state index in [4.69, 9.17) is 5.73 Å². The molecule has 0 aliphatic heterocycles. The van der Waals surface area contributed by atoms with E-state index in [1.807, 2.05) is 0 Å². The van der Waals surface area contributed by atoms with Crippen LogP contribution in [0.4, 0.5) is 21.7 Å². The predicted octanol–water partition coefficient (Wildman–Crippen LogP) is 2.70.